The summed E-state index contributed by atoms with van der Waals surface area (Å²) < 4.78 is 26.7. The zero-order valence-electron chi connectivity index (χ0n) is 15.1. The van der Waals surface area contributed by atoms with Gasteiger partial charge in [0.25, 0.3) is 0 Å². The van der Waals surface area contributed by atoms with Gasteiger partial charge in [-0.3, -0.25) is 8.37 Å². The van der Waals surface area contributed by atoms with E-state index in [9.17, 15) is 9.00 Å². The Morgan fingerprint density at radius 3 is 2.72 bits per heavy atom. The van der Waals surface area contributed by atoms with Crippen LogP contribution in [0.2, 0.25) is 0 Å². The number of cyclic esters (lactones) is 1. The number of fused-ring (bicyclic) bond motifs is 3. The summed E-state index contributed by atoms with van der Waals surface area (Å²) in [6, 6.07) is 0. The number of hydrogen-bond acceptors (Lipinski definition) is 5. The van der Waals surface area contributed by atoms with Gasteiger partial charge in [0.1, 0.15) is 0 Å². The summed E-state index contributed by atoms with van der Waals surface area (Å²) >= 11 is -1.52. The zero-order valence-corrected chi connectivity index (χ0v) is 15.9. The van der Waals surface area contributed by atoms with Gasteiger partial charge in [0, 0.05) is 17.4 Å². The van der Waals surface area contributed by atoms with Crippen molar-refractivity contribution in [3.05, 3.63) is 23.8 Å². The van der Waals surface area contributed by atoms with Gasteiger partial charge in [-0.15, -0.1) is 0 Å². The number of carbonyl (C=O) groups is 1. The molecule has 5 nitrogen and oxygen atoms in total. The maximum atomic E-state index is 11.3. The summed E-state index contributed by atoms with van der Waals surface area (Å²) in [7, 11) is 0. The average molecular weight is 368 g/mol. The summed E-state index contributed by atoms with van der Waals surface area (Å²) in [5.41, 5.74) is 2.26. The van der Waals surface area contributed by atoms with Crippen LogP contribution in [0.3, 0.4) is 0 Å². The monoisotopic (exact) mass is 368 g/mol. The van der Waals surface area contributed by atoms with Crippen molar-refractivity contribution in [3.8, 4) is 0 Å². The first kappa shape index (κ1) is 18.8. The molecule has 0 aromatic heterocycles. The molecular formula is C19H28O5S. The summed E-state index contributed by atoms with van der Waals surface area (Å²) in [5.74, 6) is 1.23. The predicted molar refractivity (Wildman–Crippen MR) is 95.6 cm³/mol. The first-order chi connectivity index (χ1) is 11.9. The second-order valence-electron chi connectivity index (χ2n) is 7.69. The molecule has 4 fully saturated rings. The Hall–Kier alpha value is -0.980. The van der Waals surface area contributed by atoms with Gasteiger partial charge in [-0.05, 0) is 50.9 Å². The molecule has 6 heteroatoms. The second kappa shape index (κ2) is 7.72. The predicted octanol–water partition coefficient (Wildman–Crippen LogP) is 3.63. The standard InChI is InChI=1S/C13H20O3S.C6H8O2/c1-9-3-5-11-10(7-9)4-6-12-13(11,2)8-15-17(14)16-12;1-2-5-3-4-8-6(5)7/h10-12H,1,3-8H2,2H3;2H,3-4H2,1H3/b;5-2+. The van der Waals surface area contributed by atoms with Crippen LogP contribution in [0.5, 0.6) is 0 Å². The van der Waals surface area contributed by atoms with Gasteiger partial charge in [-0.2, -0.15) is 4.21 Å². The van der Waals surface area contributed by atoms with Crippen LogP contribution in [-0.4, -0.2) is 29.5 Å². The minimum absolute atomic E-state index is 0.0531. The molecule has 25 heavy (non-hydrogen) atoms. The van der Waals surface area contributed by atoms with Crippen LogP contribution in [0.1, 0.15) is 52.4 Å². The van der Waals surface area contributed by atoms with Gasteiger partial charge in [0.05, 0.1) is 19.3 Å². The molecule has 2 saturated heterocycles. The summed E-state index contributed by atoms with van der Waals surface area (Å²) in [6.45, 7) is 9.38. The SMILES string of the molecule is C/C=C1\CCOC1=O.C=C1CCC2C(CCC3OS(=O)OCC32C)C1. The third-order valence-corrected chi connectivity index (χ3v) is 6.89. The van der Waals surface area contributed by atoms with E-state index < -0.39 is 11.4 Å². The molecular weight excluding hydrogens is 340 g/mol. The van der Waals surface area contributed by atoms with E-state index in [1.807, 2.05) is 6.92 Å². The maximum absolute atomic E-state index is 11.3. The summed E-state index contributed by atoms with van der Waals surface area (Å²) in [4.78, 5) is 10.5. The second-order valence-corrected chi connectivity index (χ2v) is 8.53. The van der Waals surface area contributed by atoms with Crippen molar-refractivity contribution < 1.29 is 22.1 Å². The van der Waals surface area contributed by atoms with Crippen LogP contribution >= 0.6 is 0 Å². The zero-order chi connectivity index (χ0) is 18.0. The van der Waals surface area contributed by atoms with E-state index >= 15 is 0 Å². The molecule has 0 bridgehead atoms. The van der Waals surface area contributed by atoms with E-state index in [0.717, 1.165) is 37.2 Å². The molecule has 5 atom stereocenters. The lowest BCUT2D eigenvalue weighted by molar-refractivity contribution is -0.135. The van der Waals surface area contributed by atoms with Crippen molar-refractivity contribution in [1.29, 1.82) is 0 Å². The van der Waals surface area contributed by atoms with Crippen molar-refractivity contribution in [2.75, 3.05) is 13.2 Å². The number of ether oxygens (including phenoxy) is 1. The highest BCUT2D eigenvalue weighted by Gasteiger charge is 2.53. The molecule has 4 aliphatic rings. The van der Waals surface area contributed by atoms with Gasteiger partial charge >= 0.3 is 17.3 Å². The Morgan fingerprint density at radius 2 is 2.08 bits per heavy atom. The summed E-state index contributed by atoms with van der Waals surface area (Å²) in [5, 5.41) is 0. The Kier molecular flexibility index (Phi) is 5.81. The molecule has 0 radical (unpaired) electrons. The molecule has 4 rings (SSSR count). The van der Waals surface area contributed by atoms with Crippen molar-refractivity contribution in [2.24, 2.45) is 17.3 Å². The van der Waals surface area contributed by atoms with Gasteiger partial charge in [0.2, 0.25) is 0 Å². The van der Waals surface area contributed by atoms with E-state index in [-0.39, 0.29) is 17.5 Å². The molecule has 0 aromatic carbocycles. The van der Waals surface area contributed by atoms with E-state index in [0.29, 0.717) is 19.1 Å². The highest BCUT2D eigenvalue weighted by Crippen LogP contribution is 2.54. The Labute approximate surface area is 152 Å². The Balaban J connectivity index is 0.000000192. The molecule has 0 spiro atoms. The van der Waals surface area contributed by atoms with Crippen LogP contribution < -0.4 is 0 Å². The number of carbonyl (C=O) groups excluding carboxylic acids is 1. The largest absolute Gasteiger partial charge is 0.462 e. The molecule has 5 unspecified atom stereocenters. The molecule has 0 aromatic rings. The minimum atomic E-state index is -1.52. The van der Waals surface area contributed by atoms with Crippen molar-refractivity contribution >= 4 is 17.3 Å². The summed E-state index contributed by atoms with van der Waals surface area (Å²) in [6.07, 6.45) is 8.38. The van der Waals surface area contributed by atoms with E-state index in [4.69, 9.17) is 8.37 Å². The van der Waals surface area contributed by atoms with Crippen LogP contribution in [0.15, 0.2) is 23.8 Å². The van der Waals surface area contributed by atoms with Crippen LogP contribution in [0, 0.1) is 17.3 Å². The number of rotatable bonds is 0. The molecule has 2 saturated carbocycles. The number of esters is 1. The minimum Gasteiger partial charge on any atom is -0.462 e. The lowest BCUT2D eigenvalue weighted by atomic mass is 9.56. The lowest BCUT2D eigenvalue weighted by Gasteiger charge is -2.53. The number of allylic oxidation sites excluding steroid dienone is 2. The van der Waals surface area contributed by atoms with Gasteiger partial charge in [-0.1, -0.05) is 25.2 Å². The third kappa shape index (κ3) is 3.91. The smallest absolute Gasteiger partial charge is 0.333 e. The van der Waals surface area contributed by atoms with Crippen molar-refractivity contribution in [1.82, 2.24) is 0 Å². The fraction of sp³-hybridized carbons (Fsp3) is 0.737. The molecule has 0 N–H and O–H groups in total. The average Bonchev–Trinajstić information content (AvgIpc) is 3.01. The third-order valence-electron chi connectivity index (χ3n) is 6.19. The Bertz CT molecular complexity index is 599. The van der Waals surface area contributed by atoms with Gasteiger partial charge < -0.3 is 4.74 Å². The van der Waals surface area contributed by atoms with Crippen molar-refractivity contribution in [3.63, 3.8) is 0 Å². The Morgan fingerprint density at radius 1 is 1.28 bits per heavy atom. The normalized spacial score (nSPS) is 42.1. The quantitative estimate of drug-likeness (QED) is 0.371. The van der Waals surface area contributed by atoms with Crippen LogP contribution in [0.25, 0.3) is 0 Å². The van der Waals surface area contributed by atoms with E-state index in [1.165, 1.54) is 18.4 Å². The first-order valence-electron chi connectivity index (χ1n) is 9.15. The van der Waals surface area contributed by atoms with Crippen LogP contribution in [0.4, 0.5) is 0 Å². The molecule has 2 aliphatic carbocycles. The fourth-order valence-electron chi connectivity index (χ4n) is 4.68. The fourth-order valence-corrected chi connectivity index (χ4v) is 5.59. The highest BCUT2D eigenvalue weighted by molar-refractivity contribution is 7.75. The van der Waals surface area contributed by atoms with E-state index in [2.05, 4.69) is 18.2 Å². The van der Waals surface area contributed by atoms with Crippen LogP contribution in [-0.2, 0) is 29.3 Å². The molecule has 2 aliphatic heterocycles. The van der Waals surface area contributed by atoms with E-state index in [1.54, 1.807) is 6.08 Å². The molecule has 2 heterocycles. The van der Waals surface area contributed by atoms with Gasteiger partial charge in [-0.25, -0.2) is 4.79 Å². The topological polar surface area (TPSA) is 61.8 Å². The number of hydrogen-bond donors (Lipinski definition) is 0. The molecule has 140 valence electrons. The van der Waals surface area contributed by atoms with Crippen molar-refractivity contribution in [2.45, 2.75) is 58.5 Å². The highest BCUT2D eigenvalue weighted by atomic mass is 32.2. The lowest BCUT2D eigenvalue weighted by Crippen LogP contribution is -2.54. The molecule has 0 amide bonds. The maximum Gasteiger partial charge on any atom is 0.333 e. The first-order valence-corrected chi connectivity index (χ1v) is 10.1. The van der Waals surface area contributed by atoms with Gasteiger partial charge in [0.15, 0.2) is 0 Å².